The summed E-state index contributed by atoms with van der Waals surface area (Å²) in [5, 5.41) is 0. The zero-order valence-corrected chi connectivity index (χ0v) is 13.9. The molecular weight excluding hydrogens is 286 g/mol. The van der Waals surface area contributed by atoms with Crippen LogP contribution in [0, 0.1) is 0 Å². The largest absolute Gasteiger partial charge is 0.492 e. The van der Waals surface area contributed by atoms with Gasteiger partial charge in [-0.15, -0.1) is 11.6 Å². The third-order valence-corrected chi connectivity index (χ3v) is 3.61. The summed E-state index contributed by atoms with van der Waals surface area (Å²) in [4.78, 5) is 6.96. The van der Waals surface area contributed by atoms with Gasteiger partial charge in [-0.05, 0) is 46.1 Å². The van der Waals surface area contributed by atoms with Crippen LogP contribution in [0.25, 0.3) is 11.0 Å². The van der Waals surface area contributed by atoms with Gasteiger partial charge in [-0.1, -0.05) is 6.07 Å². The van der Waals surface area contributed by atoms with Crippen LogP contribution in [0.4, 0.5) is 0 Å². The summed E-state index contributed by atoms with van der Waals surface area (Å²) >= 11 is 5.93. The number of ether oxygens (including phenoxy) is 1. The van der Waals surface area contributed by atoms with E-state index in [4.69, 9.17) is 21.3 Å². The number of aryl methyl sites for hydroxylation is 2. The number of imidazole rings is 1. The molecule has 0 saturated carbocycles. The van der Waals surface area contributed by atoms with Gasteiger partial charge in [-0.3, -0.25) is 0 Å². The third kappa shape index (κ3) is 3.89. The van der Waals surface area contributed by atoms with E-state index in [1.807, 2.05) is 19.1 Å². The SMILES string of the molecule is CCOc1cccc2c1nc(CCCl)n2CCCN(C)C. The van der Waals surface area contributed by atoms with Crippen molar-refractivity contribution >= 4 is 22.6 Å². The molecular formula is C16H24ClN3O. The fraction of sp³-hybridized carbons (Fsp3) is 0.562. The lowest BCUT2D eigenvalue weighted by atomic mass is 10.3. The molecule has 0 amide bonds. The Morgan fingerprint density at radius 2 is 2.14 bits per heavy atom. The van der Waals surface area contributed by atoms with Gasteiger partial charge in [0.05, 0.1) is 12.1 Å². The highest BCUT2D eigenvalue weighted by molar-refractivity contribution is 6.17. The second kappa shape index (κ2) is 7.66. The fourth-order valence-electron chi connectivity index (χ4n) is 2.51. The molecule has 5 heteroatoms. The van der Waals surface area contributed by atoms with E-state index in [9.17, 15) is 0 Å². The van der Waals surface area contributed by atoms with Crippen molar-refractivity contribution in [3.8, 4) is 5.75 Å². The van der Waals surface area contributed by atoms with Gasteiger partial charge in [0.1, 0.15) is 17.1 Å². The molecule has 0 aliphatic rings. The highest BCUT2D eigenvalue weighted by Gasteiger charge is 2.13. The number of alkyl halides is 1. The van der Waals surface area contributed by atoms with Crippen LogP contribution in [-0.4, -0.2) is 47.6 Å². The minimum atomic E-state index is 0.584. The molecule has 0 bridgehead atoms. The average molecular weight is 310 g/mol. The van der Waals surface area contributed by atoms with Crippen LogP contribution in [0.2, 0.25) is 0 Å². The van der Waals surface area contributed by atoms with Crippen molar-refractivity contribution in [3.05, 3.63) is 24.0 Å². The van der Waals surface area contributed by atoms with Gasteiger partial charge in [0, 0.05) is 18.8 Å². The Bertz CT molecular complexity index is 580. The normalized spacial score (nSPS) is 11.5. The van der Waals surface area contributed by atoms with E-state index in [1.165, 1.54) is 0 Å². The van der Waals surface area contributed by atoms with Crippen LogP contribution >= 0.6 is 11.6 Å². The van der Waals surface area contributed by atoms with Crippen LogP contribution in [0.3, 0.4) is 0 Å². The summed E-state index contributed by atoms with van der Waals surface area (Å²) < 4.78 is 7.97. The smallest absolute Gasteiger partial charge is 0.147 e. The van der Waals surface area contributed by atoms with Gasteiger partial charge in [0.15, 0.2) is 0 Å². The Morgan fingerprint density at radius 3 is 2.81 bits per heavy atom. The minimum absolute atomic E-state index is 0.584. The second-order valence-electron chi connectivity index (χ2n) is 5.33. The number of hydrogen-bond donors (Lipinski definition) is 0. The molecule has 1 heterocycles. The topological polar surface area (TPSA) is 30.3 Å². The summed E-state index contributed by atoms with van der Waals surface area (Å²) in [6.07, 6.45) is 1.87. The molecule has 0 radical (unpaired) electrons. The molecule has 2 rings (SSSR count). The first-order valence-corrected chi connectivity index (χ1v) is 8.02. The highest BCUT2D eigenvalue weighted by atomic mass is 35.5. The van der Waals surface area contributed by atoms with Gasteiger partial charge in [0.2, 0.25) is 0 Å². The van der Waals surface area contributed by atoms with Gasteiger partial charge in [0.25, 0.3) is 0 Å². The van der Waals surface area contributed by atoms with Crippen LogP contribution < -0.4 is 4.74 Å². The van der Waals surface area contributed by atoms with Crippen molar-refractivity contribution in [2.45, 2.75) is 26.3 Å². The molecule has 1 aromatic carbocycles. The van der Waals surface area contributed by atoms with Crippen LogP contribution in [0.15, 0.2) is 18.2 Å². The van der Waals surface area contributed by atoms with E-state index >= 15 is 0 Å². The zero-order chi connectivity index (χ0) is 15.2. The molecule has 2 aromatic rings. The van der Waals surface area contributed by atoms with Crippen molar-refractivity contribution in [1.29, 1.82) is 0 Å². The van der Waals surface area contributed by atoms with Crippen LogP contribution in [0.1, 0.15) is 19.2 Å². The molecule has 4 nitrogen and oxygen atoms in total. The number of halogens is 1. The Kier molecular flexibility index (Phi) is 5.88. The molecule has 0 fully saturated rings. The van der Waals surface area contributed by atoms with Crippen molar-refractivity contribution < 1.29 is 4.74 Å². The summed E-state index contributed by atoms with van der Waals surface area (Å²) in [6.45, 7) is 4.66. The lowest BCUT2D eigenvalue weighted by molar-refractivity contribution is 0.343. The highest BCUT2D eigenvalue weighted by Crippen LogP contribution is 2.26. The van der Waals surface area contributed by atoms with Gasteiger partial charge in [-0.25, -0.2) is 4.98 Å². The number of aromatic nitrogens is 2. The van der Waals surface area contributed by atoms with Gasteiger partial charge in [-0.2, -0.15) is 0 Å². The Hall–Kier alpha value is -1.26. The number of nitrogens with zero attached hydrogens (tertiary/aromatic N) is 3. The van der Waals surface area contributed by atoms with Crippen LogP contribution in [0.5, 0.6) is 5.75 Å². The first-order chi connectivity index (χ1) is 10.2. The standard InChI is InChI=1S/C16H24ClN3O/c1-4-21-14-8-5-7-13-16(14)18-15(9-10-17)20(13)12-6-11-19(2)3/h5,7-8H,4,6,9-12H2,1-3H3. The first-order valence-electron chi connectivity index (χ1n) is 7.49. The molecule has 0 unspecified atom stereocenters. The number of fused-ring (bicyclic) bond motifs is 1. The van der Waals surface area contributed by atoms with Crippen molar-refractivity contribution in [3.63, 3.8) is 0 Å². The monoisotopic (exact) mass is 309 g/mol. The number of hydrogen-bond acceptors (Lipinski definition) is 3. The Balaban J connectivity index is 2.35. The Morgan fingerprint density at radius 1 is 1.33 bits per heavy atom. The first kappa shape index (κ1) is 16.1. The second-order valence-corrected chi connectivity index (χ2v) is 5.71. The number of benzene rings is 1. The summed E-state index contributed by atoms with van der Waals surface area (Å²) in [5.41, 5.74) is 2.09. The summed E-state index contributed by atoms with van der Waals surface area (Å²) in [5.74, 6) is 2.49. The van der Waals surface area contributed by atoms with Crippen molar-refractivity contribution in [2.75, 3.05) is 33.1 Å². The van der Waals surface area contributed by atoms with Crippen molar-refractivity contribution in [1.82, 2.24) is 14.5 Å². The molecule has 21 heavy (non-hydrogen) atoms. The maximum Gasteiger partial charge on any atom is 0.147 e. The Labute approximate surface area is 131 Å². The molecule has 0 atom stereocenters. The summed E-state index contributed by atoms with van der Waals surface area (Å²) in [7, 11) is 4.19. The lowest BCUT2D eigenvalue weighted by Crippen LogP contribution is -2.16. The molecule has 0 spiro atoms. The quantitative estimate of drug-likeness (QED) is 0.702. The molecule has 0 aliphatic carbocycles. The van der Waals surface area contributed by atoms with E-state index in [0.29, 0.717) is 12.5 Å². The molecule has 0 saturated heterocycles. The fourth-order valence-corrected chi connectivity index (χ4v) is 2.68. The lowest BCUT2D eigenvalue weighted by Gasteiger charge is -2.12. The zero-order valence-electron chi connectivity index (χ0n) is 13.1. The molecule has 0 N–H and O–H groups in total. The third-order valence-electron chi connectivity index (χ3n) is 3.43. The average Bonchev–Trinajstić information content (AvgIpc) is 2.79. The minimum Gasteiger partial charge on any atom is -0.492 e. The van der Waals surface area contributed by atoms with E-state index in [0.717, 1.165) is 48.5 Å². The van der Waals surface area contributed by atoms with Gasteiger partial charge >= 0.3 is 0 Å². The molecule has 1 aromatic heterocycles. The van der Waals surface area contributed by atoms with E-state index < -0.39 is 0 Å². The molecule has 0 aliphatic heterocycles. The molecule has 116 valence electrons. The predicted octanol–water partition coefficient (Wildman–Crippen LogP) is 3.17. The van der Waals surface area contributed by atoms with E-state index in [-0.39, 0.29) is 0 Å². The van der Waals surface area contributed by atoms with Crippen molar-refractivity contribution in [2.24, 2.45) is 0 Å². The summed E-state index contributed by atoms with van der Waals surface area (Å²) in [6, 6.07) is 6.12. The maximum absolute atomic E-state index is 5.93. The van der Waals surface area contributed by atoms with E-state index in [2.05, 4.69) is 29.6 Å². The van der Waals surface area contributed by atoms with E-state index in [1.54, 1.807) is 0 Å². The van der Waals surface area contributed by atoms with Crippen LogP contribution in [-0.2, 0) is 13.0 Å². The number of para-hydroxylation sites is 1. The predicted molar refractivity (Wildman–Crippen MR) is 88.5 cm³/mol. The number of rotatable bonds is 8. The maximum atomic E-state index is 5.93. The van der Waals surface area contributed by atoms with Gasteiger partial charge < -0.3 is 14.2 Å².